The minimum absolute atomic E-state index is 0.0812. The summed E-state index contributed by atoms with van der Waals surface area (Å²) in [5.41, 5.74) is 0.578. The van der Waals surface area contributed by atoms with Crippen molar-refractivity contribution in [1.29, 1.82) is 0 Å². The lowest BCUT2D eigenvalue weighted by molar-refractivity contribution is -0.109. The molecule has 1 aromatic carbocycles. The lowest BCUT2D eigenvalue weighted by Gasteiger charge is -2.18. The summed E-state index contributed by atoms with van der Waals surface area (Å²) in [6.07, 6.45) is 1.21. The van der Waals surface area contributed by atoms with Crippen molar-refractivity contribution in [3.63, 3.8) is 0 Å². The van der Waals surface area contributed by atoms with Gasteiger partial charge in [0.1, 0.15) is 6.10 Å². The number of nitrogens with zero attached hydrogens (tertiary/aromatic N) is 1. The Bertz CT molecular complexity index is 582. The first kappa shape index (κ1) is 14.0. The Balaban J connectivity index is 2.25. The molecule has 5 heteroatoms. The molecule has 0 spiro atoms. The number of hydrogen-bond donors (Lipinski definition) is 2. The molecule has 0 radical (unpaired) electrons. The molecule has 1 aromatic heterocycles. The fourth-order valence-electron chi connectivity index (χ4n) is 1.88. The van der Waals surface area contributed by atoms with Crippen LogP contribution < -0.4 is 0 Å². The van der Waals surface area contributed by atoms with E-state index < -0.39 is 12.2 Å². The van der Waals surface area contributed by atoms with Gasteiger partial charge >= 0.3 is 0 Å². The second kappa shape index (κ2) is 6.14. The standard InChI is InChI=1S/C14H15NO3S/c1-9(16)19-8-13(17)14(18)12-7-15-6-10-4-2-3-5-11(10)12/h2-7,13-14,17-18H,8H2,1H3. The van der Waals surface area contributed by atoms with Gasteiger partial charge in [0.15, 0.2) is 5.12 Å². The third kappa shape index (κ3) is 3.32. The molecule has 0 saturated carbocycles. The normalized spacial score (nSPS) is 14.3. The number of benzene rings is 1. The fraction of sp³-hybridized carbons (Fsp3) is 0.286. The first-order chi connectivity index (χ1) is 9.09. The van der Waals surface area contributed by atoms with Gasteiger partial charge in [-0.25, -0.2) is 0 Å². The van der Waals surface area contributed by atoms with Crippen molar-refractivity contribution in [1.82, 2.24) is 4.98 Å². The summed E-state index contributed by atoms with van der Waals surface area (Å²) in [5.74, 6) is 0.166. The van der Waals surface area contributed by atoms with Crippen molar-refractivity contribution >= 4 is 27.6 Å². The highest BCUT2D eigenvalue weighted by Crippen LogP contribution is 2.26. The Labute approximate surface area is 115 Å². The molecule has 4 nitrogen and oxygen atoms in total. The van der Waals surface area contributed by atoms with Gasteiger partial charge in [0.25, 0.3) is 0 Å². The van der Waals surface area contributed by atoms with E-state index in [0.29, 0.717) is 5.56 Å². The summed E-state index contributed by atoms with van der Waals surface area (Å²) in [6, 6.07) is 7.53. The zero-order valence-corrected chi connectivity index (χ0v) is 11.3. The maximum absolute atomic E-state index is 10.9. The van der Waals surface area contributed by atoms with Gasteiger partial charge in [0, 0.05) is 36.0 Å². The van der Waals surface area contributed by atoms with Gasteiger partial charge < -0.3 is 10.2 Å². The van der Waals surface area contributed by atoms with Gasteiger partial charge in [0.2, 0.25) is 0 Å². The molecule has 100 valence electrons. The third-order valence-electron chi connectivity index (χ3n) is 2.84. The molecule has 2 aromatic rings. The van der Waals surface area contributed by atoms with Gasteiger partial charge in [-0.15, -0.1) is 0 Å². The van der Waals surface area contributed by atoms with Crippen molar-refractivity contribution in [2.45, 2.75) is 19.1 Å². The number of aromatic nitrogens is 1. The predicted octanol–water partition coefficient (Wildman–Crippen LogP) is 1.91. The second-order valence-electron chi connectivity index (χ2n) is 4.26. The van der Waals surface area contributed by atoms with Crippen molar-refractivity contribution in [2.24, 2.45) is 0 Å². The largest absolute Gasteiger partial charge is 0.389 e. The molecule has 2 rings (SSSR count). The number of aliphatic hydroxyl groups is 2. The van der Waals surface area contributed by atoms with Gasteiger partial charge in [-0.3, -0.25) is 9.78 Å². The highest BCUT2D eigenvalue weighted by Gasteiger charge is 2.21. The number of rotatable bonds is 4. The summed E-state index contributed by atoms with van der Waals surface area (Å²) in [7, 11) is 0. The Morgan fingerprint density at radius 3 is 2.79 bits per heavy atom. The zero-order valence-electron chi connectivity index (χ0n) is 10.5. The van der Waals surface area contributed by atoms with Crippen LogP contribution in [-0.2, 0) is 4.79 Å². The van der Waals surface area contributed by atoms with Crippen molar-refractivity contribution < 1.29 is 15.0 Å². The van der Waals surface area contributed by atoms with Gasteiger partial charge in [0.05, 0.1) is 6.10 Å². The molecule has 2 atom stereocenters. The quantitative estimate of drug-likeness (QED) is 0.893. The van der Waals surface area contributed by atoms with Crippen LogP contribution in [0, 0.1) is 0 Å². The smallest absolute Gasteiger partial charge is 0.185 e. The Hall–Kier alpha value is -1.43. The molecule has 2 unspecified atom stereocenters. The molecular weight excluding hydrogens is 262 g/mol. The summed E-state index contributed by atoms with van der Waals surface area (Å²) < 4.78 is 0. The number of pyridine rings is 1. The van der Waals surface area contributed by atoms with Crippen LogP contribution in [0.4, 0.5) is 0 Å². The Morgan fingerprint density at radius 2 is 2.05 bits per heavy atom. The van der Waals surface area contributed by atoms with Crippen LogP contribution in [0.25, 0.3) is 10.8 Å². The van der Waals surface area contributed by atoms with E-state index in [9.17, 15) is 15.0 Å². The van der Waals surface area contributed by atoms with E-state index in [4.69, 9.17) is 0 Å². The minimum atomic E-state index is -1.05. The molecule has 0 aliphatic heterocycles. The van der Waals surface area contributed by atoms with Crippen LogP contribution >= 0.6 is 11.8 Å². The predicted molar refractivity (Wildman–Crippen MR) is 75.8 cm³/mol. The lowest BCUT2D eigenvalue weighted by atomic mass is 10.0. The summed E-state index contributed by atoms with van der Waals surface area (Å²) in [6.45, 7) is 1.43. The average Bonchev–Trinajstić information content (AvgIpc) is 2.43. The van der Waals surface area contributed by atoms with Gasteiger partial charge in [-0.1, -0.05) is 36.0 Å². The third-order valence-corrected chi connectivity index (χ3v) is 3.75. The Morgan fingerprint density at radius 1 is 1.32 bits per heavy atom. The van der Waals surface area contributed by atoms with Gasteiger partial charge in [-0.2, -0.15) is 0 Å². The molecule has 2 N–H and O–H groups in total. The van der Waals surface area contributed by atoms with E-state index in [1.54, 1.807) is 12.4 Å². The molecule has 0 saturated heterocycles. The number of fused-ring (bicyclic) bond motifs is 1. The average molecular weight is 277 g/mol. The number of thioether (sulfide) groups is 1. The summed E-state index contributed by atoms with van der Waals surface area (Å²) >= 11 is 0.998. The van der Waals surface area contributed by atoms with E-state index in [0.717, 1.165) is 22.5 Å². The topological polar surface area (TPSA) is 70.4 Å². The van der Waals surface area contributed by atoms with Crippen LogP contribution in [0.1, 0.15) is 18.6 Å². The zero-order chi connectivity index (χ0) is 13.8. The minimum Gasteiger partial charge on any atom is -0.389 e. The Kier molecular flexibility index (Phi) is 4.52. The molecule has 0 bridgehead atoms. The highest BCUT2D eigenvalue weighted by atomic mass is 32.2. The second-order valence-corrected chi connectivity index (χ2v) is 5.46. The summed E-state index contributed by atoms with van der Waals surface area (Å²) in [4.78, 5) is 14.9. The summed E-state index contributed by atoms with van der Waals surface area (Å²) in [5, 5.41) is 21.8. The van der Waals surface area contributed by atoms with E-state index in [1.165, 1.54) is 6.92 Å². The van der Waals surface area contributed by atoms with E-state index in [-0.39, 0.29) is 10.9 Å². The van der Waals surface area contributed by atoms with E-state index in [1.807, 2.05) is 24.3 Å². The first-order valence-corrected chi connectivity index (χ1v) is 6.90. The van der Waals surface area contributed by atoms with Crippen LogP contribution in [-0.4, -0.2) is 32.2 Å². The SMILES string of the molecule is CC(=O)SCC(O)C(O)c1cncc2ccccc12. The first-order valence-electron chi connectivity index (χ1n) is 5.91. The maximum Gasteiger partial charge on any atom is 0.185 e. The molecular formula is C14H15NO3S. The number of hydrogen-bond acceptors (Lipinski definition) is 5. The fourth-order valence-corrected chi connectivity index (χ4v) is 2.46. The van der Waals surface area contributed by atoms with Crippen LogP contribution in [0.2, 0.25) is 0 Å². The van der Waals surface area contributed by atoms with Crippen LogP contribution in [0.15, 0.2) is 36.7 Å². The van der Waals surface area contributed by atoms with Crippen LogP contribution in [0.5, 0.6) is 0 Å². The van der Waals surface area contributed by atoms with Crippen molar-refractivity contribution in [3.05, 3.63) is 42.2 Å². The molecule has 19 heavy (non-hydrogen) atoms. The lowest BCUT2D eigenvalue weighted by Crippen LogP contribution is -2.21. The molecule has 0 aliphatic carbocycles. The van der Waals surface area contributed by atoms with Crippen LogP contribution in [0.3, 0.4) is 0 Å². The number of aliphatic hydroxyl groups excluding tert-OH is 2. The van der Waals surface area contributed by atoms with E-state index in [2.05, 4.69) is 4.98 Å². The van der Waals surface area contributed by atoms with Crippen molar-refractivity contribution in [3.8, 4) is 0 Å². The van der Waals surface area contributed by atoms with E-state index >= 15 is 0 Å². The molecule has 1 heterocycles. The molecule has 0 amide bonds. The van der Waals surface area contributed by atoms with Crippen molar-refractivity contribution in [2.75, 3.05) is 5.75 Å². The highest BCUT2D eigenvalue weighted by molar-refractivity contribution is 8.13. The molecule has 0 fully saturated rings. The maximum atomic E-state index is 10.9. The number of carbonyl (C=O) groups is 1. The molecule has 0 aliphatic rings. The van der Waals surface area contributed by atoms with Gasteiger partial charge in [-0.05, 0) is 5.39 Å². The monoisotopic (exact) mass is 277 g/mol. The number of carbonyl (C=O) groups excluding carboxylic acids is 1.